The number of rotatable bonds is 3. The molecule has 0 saturated heterocycles. The van der Waals surface area contributed by atoms with Crippen molar-refractivity contribution in [2.75, 3.05) is 0 Å². The normalized spacial score (nSPS) is 19.9. The minimum Gasteiger partial charge on any atom is -0.481 e. The minimum absolute atomic E-state index is 0.233. The molecule has 1 aliphatic rings. The Morgan fingerprint density at radius 1 is 1.53 bits per heavy atom. The fraction of sp³-hybridized carbons (Fsp3) is 0.700. The van der Waals surface area contributed by atoms with Crippen LogP contribution in [0.25, 0.3) is 0 Å². The molecule has 0 saturated carbocycles. The number of hydrogen-bond donors (Lipinski definition) is 1. The second-order valence-electron chi connectivity index (χ2n) is 3.99. The quantitative estimate of drug-likeness (QED) is 0.802. The van der Waals surface area contributed by atoms with Crippen molar-refractivity contribution in [3.8, 4) is 0 Å². The van der Waals surface area contributed by atoms with Gasteiger partial charge >= 0.3 is 5.97 Å². The molecule has 15 heavy (non-hydrogen) atoms. The van der Waals surface area contributed by atoms with Crippen molar-refractivity contribution in [2.45, 2.75) is 39.2 Å². The molecule has 2 rings (SSSR count). The van der Waals surface area contributed by atoms with Crippen LogP contribution in [0.5, 0.6) is 0 Å². The molecule has 1 aromatic rings. The lowest BCUT2D eigenvalue weighted by molar-refractivity contribution is -0.138. The van der Waals surface area contributed by atoms with Gasteiger partial charge in [0.05, 0.1) is 17.9 Å². The molecular formula is C10H15N3O2. The topological polar surface area (TPSA) is 68.0 Å². The molecule has 0 radical (unpaired) electrons. The second-order valence-corrected chi connectivity index (χ2v) is 3.99. The van der Waals surface area contributed by atoms with Gasteiger partial charge < -0.3 is 5.11 Å². The smallest absolute Gasteiger partial charge is 0.303 e. The van der Waals surface area contributed by atoms with E-state index in [4.69, 9.17) is 5.11 Å². The van der Waals surface area contributed by atoms with Crippen LogP contribution in [0, 0.1) is 5.92 Å². The molecule has 0 spiro atoms. The van der Waals surface area contributed by atoms with E-state index in [1.807, 2.05) is 6.92 Å². The molecule has 1 aliphatic carbocycles. The highest BCUT2D eigenvalue weighted by molar-refractivity contribution is 5.67. The Morgan fingerprint density at radius 2 is 2.27 bits per heavy atom. The highest BCUT2D eigenvalue weighted by Gasteiger charge is 2.24. The zero-order valence-corrected chi connectivity index (χ0v) is 8.81. The monoisotopic (exact) mass is 209 g/mol. The molecule has 0 fully saturated rings. The van der Waals surface area contributed by atoms with Crippen molar-refractivity contribution in [3.05, 3.63) is 11.4 Å². The number of carboxylic acids is 1. The highest BCUT2D eigenvalue weighted by Crippen LogP contribution is 2.25. The van der Waals surface area contributed by atoms with E-state index in [0.29, 0.717) is 0 Å². The van der Waals surface area contributed by atoms with Crippen molar-refractivity contribution in [1.29, 1.82) is 0 Å². The predicted octanol–water partition coefficient (Wildman–Crippen LogP) is 0.878. The number of aliphatic carboxylic acids is 1. The lowest BCUT2D eigenvalue weighted by Gasteiger charge is -2.17. The molecule has 0 aliphatic heterocycles. The van der Waals surface area contributed by atoms with Gasteiger partial charge in [-0.2, -0.15) is 15.0 Å². The maximum absolute atomic E-state index is 10.6. The zero-order chi connectivity index (χ0) is 10.8. The van der Waals surface area contributed by atoms with Gasteiger partial charge in [0.25, 0.3) is 0 Å². The maximum Gasteiger partial charge on any atom is 0.303 e. The first kappa shape index (κ1) is 10.1. The summed E-state index contributed by atoms with van der Waals surface area (Å²) in [5, 5.41) is 17.4. The molecular weight excluding hydrogens is 194 g/mol. The van der Waals surface area contributed by atoms with E-state index in [9.17, 15) is 4.79 Å². The van der Waals surface area contributed by atoms with E-state index >= 15 is 0 Å². The van der Waals surface area contributed by atoms with Gasteiger partial charge in [0.2, 0.25) is 0 Å². The Balaban J connectivity index is 2.08. The van der Waals surface area contributed by atoms with E-state index in [2.05, 4.69) is 10.2 Å². The van der Waals surface area contributed by atoms with E-state index in [1.54, 1.807) is 4.80 Å². The number of nitrogens with zero attached hydrogens (tertiary/aromatic N) is 3. The van der Waals surface area contributed by atoms with Crippen LogP contribution in [0.3, 0.4) is 0 Å². The minimum atomic E-state index is -0.716. The van der Waals surface area contributed by atoms with Gasteiger partial charge in [-0.25, -0.2) is 0 Å². The van der Waals surface area contributed by atoms with E-state index in [1.165, 1.54) is 0 Å². The first-order valence-corrected chi connectivity index (χ1v) is 5.33. The van der Waals surface area contributed by atoms with Crippen molar-refractivity contribution in [2.24, 2.45) is 5.92 Å². The Morgan fingerprint density at radius 3 is 2.93 bits per heavy atom. The molecule has 5 nitrogen and oxygen atoms in total. The van der Waals surface area contributed by atoms with Gasteiger partial charge in [0, 0.05) is 6.42 Å². The first-order chi connectivity index (χ1) is 7.19. The summed E-state index contributed by atoms with van der Waals surface area (Å²) in [6.45, 7) is 2.77. The molecule has 1 heterocycles. The third-order valence-electron chi connectivity index (χ3n) is 2.82. The van der Waals surface area contributed by atoms with Crippen LogP contribution in [-0.2, 0) is 24.2 Å². The van der Waals surface area contributed by atoms with Gasteiger partial charge in [-0.05, 0) is 32.1 Å². The maximum atomic E-state index is 10.6. The van der Waals surface area contributed by atoms with E-state index < -0.39 is 5.97 Å². The summed E-state index contributed by atoms with van der Waals surface area (Å²) < 4.78 is 0. The number of carbonyl (C=O) groups is 1. The molecule has 1 N–H and O–H groups in total. The van der Waals surface area contributed by atoms with Crippen molar-refractivity contribution in [1.82, 2.24) is 15.0 Å². The summed E-state index contributed by atoms with van der Waals surface area (Å²) in [4.78, 5) is 12.3. The summed E-state index contributed by atoms with van der Waals surface area (Å²) >= 11 is 0. The van der Waals surface area contributed by atoms with E-state index in [-0.39, 0.29) is 12.3 Å². The molecule has 1 aromatic heterocycles. The summed E-state index contributed by atoms with van der Waals surface area (Å²) in [7, 11) is 0. The lowest BCUT2D eigenvalue weighted by Crippen LogP contribution is -2.17. The first-order valence-electron chi connectivity index (χ1n) is 5.33. The Bertz CT molecular complexity index is 373. The number of carboxylic acid groups (broad SMARTS) is 1. The largest absolute Gasteiger partial charge is 0.481 e. The molecule has 1 unspecified atom stereocenters. The summed E-state index contributed by atoms with van der Waals surface area (Å²) in [5.41, 5.74) is 2.05. The third kappa shape index (κ3) is 2.16. The standard InChI is InChI=1S/C10H15N3O2/c1-2-13-11-8-4-3-7(6-10(14)15)5-9(8)12-13/h7H,2-6H2,1H3,(H,14,15). The summed E-state index contributed by atoms with van der Waals surface area (Å²) in [6, 6.07) is 0. The molecule has 82 valence electrons. The van der Waals surface area contributed by atoms with Crippen LogP contribution in [-0.4, -0.2) is 26.1 Å². The van der Waals surface area contributed by atoms with Crippen LogP contribution in [0.2, 0.25) is 0 Å². The van der Waals surface area contributed by atoms with Crippen LogP contribution in [0.4, 0.5) is 0 Å². The van der Waals surface area contributed by atoms with Crippen LogP contribution < -0.4 is 0 Å². The van der Waals surface area contributed by atoms with Gasteiger partial charge in [0.15, 0.2) is 0 Å². The number of fused-ring (bicyclic) bond motifs is 1. The molecule has 0 amide bonds. The van der Waals surface area contributed by atoms with Crippen molar-refractivity contribution < 1.29 is 9.90 Å². The third-order valence-corrected chi connectivity index (χ3v) is 2.82. The number of hydrogen-bond acceptors (Lipinski definition) is 3. The molecule has 0 bridgehead atoms. The van der Waals surface area contributed by atoms with Crippen molar-refractivity contribution in [3.63, 3.8) is 0 Å². The fourth-order valence-electron chi connectivity index (χ4n) is 2.05. The Kier molecular flexibility index (Phi) is 2.70. The Labute approximate surface area is 88.1 Å². The number of aromatic nitrogens is 3. The van der Waals surface area contributed by atoms with Crippen LogP contribution in [0.15, 0.2) is 0 Å². The predicted molar refractivity (Wildman–Crippen MR) is 53.5 cm³/mol. The fourth-order valence-corrected chi connectivity index (χ4v) is 2.05. The van der Waals surface area contributed by atoms with Crippen LogP contribution in [0.1, 0.15) is 31.2 Å². The Hall–Kier alpha value is -1.39. The SMILES string of the molecule is CCn1nc2c(n1)CC(CC(=O)O)CC2. The second kappa shape index (κ2) is 4.00. The van der Waals surface area contributed by atoms with Gasteiger partial charge in [-0.3, -0.25) is 4.79 Å². The summed E-state index contributed by atoms with van der Waals surface area (Å²) in [5.74, 6) is -0.483. The lowest BCUT2D eigenvalue weighted by atomic mass is 9.87. The van der Waals surface area contributed by atoms with Gasteiger partial charge in [-0.1, -0.05) is 0 Å². The van der Waals surface area contributed by atoms with E-state index in [0.717, 1.165) is 37.2 Å². The molecule has 5 heteroatoms. The van der Waals surface area contributed by atoms with Crippen LogP contribution >= 0.6 is 0 Å². The zero-order valence-electron chi connectivity index (χ0n) is 8.81. The average molecular weight is 209 g/mol. The van der Waals surface area contributed by atoms with Crippen molar-refractivity contribution >= 4 is 5.97 Å². The highest BCUT2D eigenvalue weighted by atomic mass is 16.4. The van der Waals surface area contributed by atoms with Gasteiger partial charge in [-0.15, -0.1) is 0 Å². The molecule has 0 aromatic carbocycles. The number of aryl methyl sites for hydroxylation is 2. The van der Waals surface area contributed by atoms with Gasteiger partial charge in [0.1, 0.15) is 0 Å². The molecule has 1 atom stereocenters. The average Bonchev–Trinajstić information content (AvgIpc) is 2.58. The summed E-state index contributed by atoms with van der Waals surface area (Å²) in [6.07, 6.45) is 2.80.